The number of rotatable bonds is 2. The summed E-state index contributed by atoms with van der Waals surface area (Å²) >= 11 is 5.36. The molecule has 0 bridgehead atoms. The van der Waals surface area contributed by atoms with Crippen LogP contribution in [0.1, 0.15) is 16.1 Å². The molecule has 3 aromatic rings. The summed E-state index contributed by atoms with van der Waals surface area (Å²) in [7, 11) is 0. The highest BCUT2D eigenvalue weighted by Crippen LogP contribution is 2.34. The monoisotopic (exact) mass is 352 g/mol. The molecule has 0 aliphatic heterocycles. The Morgan fingerprint density at radius 1 is 1.04 bits per heavy atom. The van der Waals surface area contributed by atoms with Crippen LogP contribution in [0.15, 0.2) is 53.3 Å². The van der Waals surface area contributed by atoms with Crippen molar-refractivity contribution >= 4 is 27.7 Å². The quantitative estimate of drug-likeness (QED) is 0.659. The molecule has 0 saturated carbocycles. The topological polar surface area (TPSA) is 52.0 Å². The first-order chi connectivity index (χ1) is 11.3. The smallest absolute Gasteiger partial charge is 0.286 e. The Kier molecular flexibility index (Phi) is 3.88. The van der Waals surface area contributed by atoms with Crippen molar-refractivity contribution in [3.63, 3.8) is 0 Å². The second-order valence-corrected chi connectivity index (χ2v) is 5.24. The molecule has 4 nitrogen and oxygen atoms in total. The zero-order valence-electron chi connectivity index (χ0n) is 11.8. The van der Waals surface area contributed by atoms with E-state index in [2.05, 4.69) is 5.10 Å². The highest BCUT2D eigenvalue weighted by molar-refractivity contribution is 6.67. The molecule has 8 heteroatoms. The molecule has 2 aromatic carbocycles. The second-order valence-electron chi connectivity index (χ2n) is 4.90. The fourth-order valence-corrected chi connectivity index (χ4v) is 2.51. The second kappa shape index (κ2) is 5.76. The number of fused-ring (bicyclic) bond motifs is 1. The normalized spacial score (nSPS) is 11.7. The van der Waals surface area contributed by atoms with Crippen LogP contribution in [-0.4, -0.2) is 15.0 Å². The van der Waals surface area contributed by atoms with Gasteiger partial charge in [0.05, 0.1) is 22.2 Å². The Labute approximate surface area is 138 Å². The summed E-state index contributed by atoms with van der Waals surface area (Å²) in [5.74, 6) is 0. The summed E-state index contributed by atoms with van der Waals surface area (Å²) in [5, 5.41) is 2.68. The van der Waals surface area contributed by atoms with Crippen LogP contribution in [0.2, 0.25) is 0 Å². The van der Waals surface area contributed by atoms with Crippen molar-refractivity contribution in [2.24, 2.45) is 0 Å². The Morgan fingerprint density at radius 3 is 2.33 bits per heavy atom. The van der Waals surface area contributed by atoms with Gasteiger partial charge < -0.3 is 0 Å². The summed E-state index contributed by atoms with van der Waals surface area (Å²) in [6.07, 6.45) is -4.63. The number of hydrogen-bond donors (Lipinski definition) is 0. The first-order valence-electron chi connectivity index (χ1n) is 6.69. The van der Waals surface area contributed by atoms with Crippen LogP contribution in [0.25, 0.3) is 16.6 Å². The minimum Gasteiger partial charge on any atom is -0.286 e. The zero-order valence-corrected chi connectivity index (χ0v) is 12.6. The van der Waals surface area contributed by atoms with Crippen molar-refractivity contribution in [1.82, 2.24) is 9.78 Å². The third kappa shape index (κ3) is 2.67. The molecule has 0 aliphatic rings. The van der Waals surface area contributed by atoms with Crippen LogP contribution in [0.4, 0.5) is 13.2 Å². The number of halogens is 4. The first kappa shape index (κ1) is 16.2. The number of para-hydroxylation sites is 2. The van der Waals surface area contributed by atoms with E-state index in [0.29, 0.717) is 0 Å². The number of nitrogens with zero attached hydrogens (tertiary/aromatic N) is 2. The maximum Gasteiger partial charge on any atom is 0.418 e. The average Bonchev–Trinajstić information content (AvgIpc) is 2.54. The van der Waals surface area contributed by atoms with E-state index in [4.69, 9.17) is 11.6 Å². The molecular weight excluding hydrogens is 345 g/mol. The molecule has 0 fully saturated rings. The van der Waals surface area contributed by atoms with Crippen LogP contribution in [0.3, 0.4) is 0 Å². The van der Waals surface area contributed by atoms with Gasteiger partial charge in [-0.1, -0.05) is 24.3 Å². The fourth-order valence-electron chi connectivity index (χ4n) is 2.39. The number of hydrogen-bond acceptors (Lipinski definition) is 3. The number of alkyl halides is 3. The molecule has 0 spiro atoms. The third-order valence-corrected chi connectivity index (χ3v) is 3.59. The largest absolute Gasteiger partial charge is 0.418 e. The highest BCUT2D eigenvalue weighted by atomic mass is 35.5. The van der Waals surface area contributed by atoms with E-state index >= 15 is 0 Å². The maximum absolute atomic E-state index is 13.3. The molecule has 0 saturated heterocycles. The van der Waals surface area contributed by atoms with Crippen LogP contribution in [-0.2, 0) is 6.18 Å². The highest BCUT2D eigenvalue weighted by Gasteiger charge is 2.34. The molecule has 0 N–H and O–H groups in total. The average molecular weight is 353 g/mol. The number of carbonyl (C=O) groups excluding carboxylic acids is 1. The summed E-state index contributed by atoms with van der Waals surface area (Å²) in [4.78, 5) is 23.7. The number of carbonyl (C=O) groups is 1. The standard InChI is InChI=1S/C16H8ClF3N2O2/c17-15(24)13-14(23)9-5-1-3-7-11(9)22(21-13)12-8-4-2-6-10(12)16(18,19)20/h1-8H. The van der Waals surface area contributed by atoms with E-state index in [1.165, 1.54) is 36.4 Å². The lowest BCUT2D eigenvalue weighted by molar-refractivity contribution is -0.137. The molecule has 1 aromatic heterocycles. The van der Waals surface area contributed by atoms with Gasteiger partial charge in [-0.25, -0.2) is 4.68 Å². The van der Waals surface area contributed by atoms with Crippen molar-refractivity contribution in [2.45, 2.75) is 6.18 Å². The van der Waals surface area contributed by atoms with E-state index in [9.17, 15) is 22.8 Å². The zero-order chi connectivity index (χ0) is 17.5. The van der Waals surface area contributed by atoms with Crippen LogP contribution in [0.5, 0.6) is 0 Å². The fraction of sp³-hybridized carbons (Fsp3) is 0.0625. The van der Waals surface area contributed by atoms with Crippen molar-refractivity contribution in [3.05, 3.63) is 70.0 Å². The van der Waals surface area contributed by atoms with Gasteiger partial charge in [0, 0.05) is 0 Å². The van der Waals surface area contributed by atoms with Gasteiger partial charge in [0.1, 0.15) is 0 Å². The van der Waals surface area contributed by atoms with E-state index in [-0.39, 0.29) is 16.6 Å². The molecule has 0 atom stereocenters. The molecule has 0 aliphatic carbocycles. The van der Waals surface area contributed by atoms with Crippen molar-refractivity contribution in [2.75, 3.05) is 0 Å². The van der Waals surface area contributed by atoms with E-state index < -0.39 is 28.1 Å². The Balaban J connectivity index is 2.47. The van der Waals surface area contributed by atoms with Gasteiger partial charge in [-0.05, 0) is 35.9 Å². The van der Waals surface area contributed by atoms with Gasteiger partial charge in [0.2, 0.25) is 5.43 Å². The van der Waals surface area contributed by atoms with Gasteiger partial charge in [0.15, 0.2) is 5.69 Å². The molecule has 0 amide bonds. The van der Waals surface area contributed by atoms with Crippen LogP contribution >= 0.6 is 11.6 Å². The lowest BCUT2D eigenvalue weighted by atomic mass is 10.1. The lowest BCUT2D eigenvalue weighted by Crippen LogP contribution is -2.22. The van der Waals surface area contributed by atoms with Crippen molar-refractivity contribution in [3.8, 4) is 5.69 Å². The molecule has 0 radical (unpaired) electrons. The van der Waals surface area contributed by atoms with E-state index in [0.717, 1.165) is 10.7 Å². The van der Waals surface area contributed by atoms with Gasteiger partial charge in [-0.15, -0.1) is 0 Å². The Bertz CT molecular complexity index is 1010. The summed E-state index contributed by atoms with van der Waals surface area (Å²) in [6.45, 7) is 0. The van der Waals surface area contributed by atoms with E-state index in [1.807, 2.05) is 0 Å². The first-order valence-corrected chi connectivity index (χ1v) is 7.07. The Morgan fingerprint density at radius 2 is 1.67 bits per heavy atom. The predicted molar refractivity (Wildman–Crippen MR) is 82.5 cm³/mol. The summed E-state index contributed by atoms with van der Waals surface area (Å²) in [6, 6.07) is 10.7. The summed E-state index contributed by atoms with van der Waals surface area (Å²) in [5.41, 5.74) is -2.47. The number of aromatic nitrogens is 2. The molecular formula is C16H8ClF3N2O2. The molecule has 24 heavy (non-hydrogen) atoms. The van der Waals surface area contributed by atoms with Gasteiger partial charge >= 0.3 is 6.18 Å². The van der Waals surface area contributed by atoms with Gasteiger partial charge in [0.25, 0.3) is 5.24 Å². The maximum atomic E-state index is 13.3. The minimum atomic E-state index is -4.63. The SMILES string of the molecule is O=C(Cl)c1nn(-c2ccccc2C(F)(F)F)c2ccccc2c1=O. The van der Waals surface area contributed by atoms with Crippen LogP contribution < -0.4 is 5.43 Å². The van der Waals surface area contributed by atoms with Crippen LogP contribution in [0, 0.1) is 0 Å². The van der Waals surface area contributed by atoms with Gasteiger partial charge in [-0.2, -0.15) is 18.3 Å². The molecule has 1 heterocycles. The van der Waals surface area contributed by atoms with Crippen molar-refractivity contribution in [1.29, 1.82) is 0 Å². The molecule has 3 rings (SSSR count). The Hall–Kier alpha value is -2.67. The van der Waals surface area contributed by atoms with Crippen molar-refractivity contribution < 1.29 is 18.0 Å². The summed E-state index contributed by atoms with van der Waals surface area (Å²) < 4.78 is 40.7. The minimum absolute atomic E-state index is 0.0495. The lowest BCUT2D eigenvalue weighted by Gasteiger charge is -2.16. The number of benzene rings is 2. The molecule has 0 unspecified atom stereocenters. The predicted octanol–water partition coefficient (Wildman–Crippen LogP) is 3.78. The van der Waals surface area contributed by atoms with Gasteiger partial charge in [-0.3, -0.25) is 9.59 Å². The van der Waals surface area contributed by atoms with E-state index in [1.54, 1.807) is 6.07 Å². The third-order valence-electron chi connectivity index (χ3n) is 3.42. The molecule has 122 valence electrons.